The highest BCUT2D eigenvalue weighted by atomic mass is 79.9. The van der Waals surface area contributed by atoms with E-state index in [0.717, 1.165) is 21.3 Å². The van der Waals surface area contributed by atoms with Crippen molar-refractivity contribution < 1.29 is 9.84 Å². The summed E-state index contributed by atoms with van der Waals surface area (Å²) in [5, 5.41) is 10.7. The molecule has 2 rings (SSSR count). The van der Waals surface area contributed by atoms with Crippen LogP contribution in [0.1, 0.15) is 18.1 Å². The van der Waals surface area contributed by atoms with Crippen molar-refractivity contribution in [3.05, 3.63) is 58.3 Å². The van der Waals surface area contributed by atoms with Crippen molar-refractivity contribution in [3.8, 4) is 5.75 Å². The van der Waals surface area contributed by atoms with Gasteiger partial charge in [0.2, 0.25) is 0 Å². The molecule has 2 aromatic rings. The zero-order valence-electron chi connectivity index (χ0n) is 10.9. The Bertz CT molecular complexity index is 570. The van der Waals surface area contributed by atoms with E-state index in [-0.39, 0.29) is 0 Å². The molecular formula is C15H16BrNO2. The van der Waals surface area contributed by atoms with Gasteiger partial charge in [0.25, 0.3) is 0 Å². The number of rotatable bonds is 4. The van der Waals surface area contributed by atoms with Crippen LogP contribution >= 0.6 is 15.9 Å². The second-order valence-electron chi connectivity index (χ2n) is 4.69. The van der Waals surface area contributed by atoms with Crippen LogP contribution in [0.4, 0.5) is 0 Å². The van der Waals surface area contributed by atoms with E-state index in [1.807, 2.05) is 30.3 Å². The topological polar surface area (TPSA) is 42.4 Å². The average molecular weight is 322 g/mol. The number of methoxy groups -OCH3 is 1. The first-order valence-corrected chi connectivity index (χ1v) is 6.77. The van der Waals surface area contributed by atoms with Gasteiger partial charge in [0.15, 0.2) is 0 Å². The third kappa shape index (κ3) is 3.55. The summed E-state index contributed by atoms with van der Waals surface area (Å²) in [5.74, 6) is 0.741. The van der Waals surface area contributed by atoms with E-state index in [1.54, 1.807) is 26.4 Å². The molecule has 0 aliphatic rings. The fraction of sp³-hybridized carbons (Fsp3) is 0.267. The van der Waals surface area contributed by atoms with Crippen LogP contribution in [0.15, 0.2) is 47.2 Å². The van der Waals surface area contributed by atoms with Crippen molar-refractivity contribution in [1.29, 1.82) is 0 Å². The average Bonchev–Trinajstić information content (AvgIpc) is 2.38. The molecule has 1 aromatic carbocycles. The first-order valence-electron chi connectivity index (χ1n) is 5.97. The summed E-state index contributed by atoms with van der Waals surface area (Å²) < 4.78 is 6.10. The summed E-state index contributed by atoms with van der Waals surface area (Å²) in [6, 6.07) is 9.45. The van der Waals surface area contributed by atoms with E-state index in [0.29, 0.717) is 6.42 Å². The van der Waals surface area contributed by atoms with Crippen LogP contribution in [0, 0.1) is 0 Å². The summed E-state index contributed by atoms with van der Waals surface area (Å²) in [7, 11) is 1.62. The largest absolute Gasteiger partial charge is 0.497 e. The van der Waals surface area contributed by atoms with Gasteiger partial charge in [-0.25, -0.2) is 0 Å². The van der Waals surface area contributed by atoms with Crippen molar-refractivity contribution in [1.82, 2.24) is 4.98 Å². The smallest absolute Gasteiger partial charge is 0.119 e. The van der Waals surface area contributed by atoms with Gasteiger partial charge < -0.3 is 9.84 Å². The Hall–Kier alpha value is -1.39. The molecule has 0 bridgehead atoms. The molecule has 1 unspecified atom stereocenters. The van der Waals surface area contributed by atoms with Crippen LogP contribution in [0.3, 0.4) is 0 Å². The standard InChI is InChI=1S/C15H16BrNO2/c1-15(18,8-11-6-13(16)10-17-9-11)12-4-3-5-14(7-12)19-2/h3-7,9-10,18H,8H2,1-2H3. The maximum Gasteiger partial charge on any atom is 0.119 e. The predicted octanol–water partition coefficient (Wildman–Crippen LogP) is 3.30. The quantitative estimate of drug-likeness (QED) is 0.939. The third-order valence-electron chi connectivity index (χ3n) is 3.00. The van der Waals surface area contributed by atoms with Gasteiger partial charge >= 0.3 is 0 Å². The monoisotopic (exact) mass is 321 g/mol. The molecule has 3 nitrogen and oxygen atoms in total. The third-order valence-corrected chi connectivity index (χ3v) is 3.44. The molecule has 0 fully saturated rings. The highest BCUT2D eigenvalue weighted by Gasteiger charge is 2.24. The second kappa shape index (κ2) is 5.72. The lowest BCUT2D eigenvalue weighted by atomic mass is 9.89. The minimum atomic E-state index is -0.961. The maximum absolute atomic E-state index is 10.7. The van der Waals surface area contributed by atoms with Crippen LogP contribution in [-0.4, -0.2) is 17.2 Å². The molecule has 100 valence electrons. The molecule has 0 aliphatic heterocycles. The van der Waals surface area contributed by atoms with E-state index >= 15 is 0 Å². The van der Waals surface area contributed by atoms with Gasteiger partial charge in [0, 0.05) is 23.3 Å². The molecule has 0 saturated carbocycles. The fourth-order valence-electron chi connectivity index (χ4n) is 2.01. The Kier molecular flexibility index (Phi) is 4.22. The van der Waals surface area contributed by atoms with Crippen molar-refractivity contribution in [3.63, 3.8) is 0 Å². The van der Waals surface area contributed by atoms with E-state index < -0.39 is 5.60 Å². The Balaban J connectivity index is 2.26. The first-order chi connectivity index (χ1) is 9.01. The van der Waals surface area contributed by atoms with Crippen LogP contribution in [0.2, 0.25) is 0 Å². The Labute approximate surface area is 121 Å². The molecule has 0 aliphatic carbocycles. The van der Waals surface area contributed by atoms with Crippen LogP contribution < -0.4 is 4.74 Å². The van der Waals surface area contributed by atoms with Crippen LogP contribution in [0.25, 0.3) is 0 Å². The number of benzene rings is 1. The summed E-state index contributed by atoms with van der Waals surface area (Å²) >= 11 is 3.38. The van der Waals surface area contributed by atoms with Gasteiger partial charge in [-0.3, -0.25) is 4.98 Å². The van der Waals surface area contributed by atoms with E-state index in [9.17, 15) is 5.11 Å². The zero-order chi connectivity index (χ0) is 13.9. The van der Waals surface area contributed by atoms with Crippen molar-refractivity contribution in [2.45, 2.75) is 18.9 Å². The van der Waals surface area contributed by atoms with Crippen molar-refractivity contribution in [2.75, 3.05) is 7.11 Å². The lowest BCUT2D eigenvalue weighted by molar-refractivity contribution is 0.0573. The highest BCUT2D eigenvalue weighted by molar-refractivity contribution is 9.10. The number of ether oxygens (including phenoxy) is 1. The van der Waals surface area contributed by atoms with Crippen molar-refractivity contribution in [2.24, 2.45) is 0 Å². The van der Waals surface area contributed by atoms with Gasteiger partial charge in [-0.15, -0.1) is 0 Å². The molecule has 0 spiro atoms. The molecule has 1 atom stereocenters. The minimum absolute atomic E-state index is 0.493. The molecule has 0 amide bonds. The molecule has 1 N–H and O–H groups in total. The maximum atomic E-state index is 10.7. The minimum Gasteiger partial charge on any atom is -0.497 e. The van der Waals surface area contributed by atoms with Gasteiger partial charge in [-0.05, 0) is 52.2 Å². The SMILES string of the molecule is COc1cccc(C(C)(O)Cc2cncc(Br)c2)c1. The summed E-state index contributed by atoms with van der Waals surface area (Å²) in [6.45, 7) is 1.79. The Morgan fingerprint density at radius 3 is 2.79 bits per heavy atom. The molecule has 1 heterocycles. The number of hydrogen-bond donors (Lipinski definition) is 1. The van der Waals surface area contributed by atoms with E-state index in [2.05, 4.69) is 20.9 Å². The lowest BCUT2D eigenvalue weighted by Crippen LogP contribution is -2.24. The molecule has 0 saturated heterocycles. The predicted molar refractivity (Wildman–Crippen MR) is 78.2 cm³/mol. The second-order valence-corrected chi connectivity index (χ2v) is 5.61. The summed E-state index contributed by atoms with van der Waals surface area (Å²) in [6.07, 6.45) is 3.98. The normalized spacial score (nSPS) is 13.9. The van der Waals surface area contributed by atoms with Gasteiger partial charge in [0.05, 0.1) is 12.7 Å². The van der Waals surface area contributed by atoms with Gasteiger partial charge in [0.1, 0.15) is 5.75 Å². The van der Waals surface area contributed by atoms with Gasteiger partial charge in [-0.2, -0.15) is 0 Å². The molecule has 19 heavy (non-hydrogen) atoms. The van der Waals surface area contributed by atoms with E-state index in [4.69, 9.17) is 4.74 Å². The molecule has 1 aromatic heterocycles. The number of aromatic nitrogens is 1. The number of nitrogens with zero attached hydrogens (tertiary/aromatic N) is 1. The fourth-order valence-corrected chi connectivity index (χ4v) is 2.42. The lowest BCUT2D eigenvalue weighted by Gasteiger charge is -2.24. The van der Waals surface area contributed by atoms with Crippen molar-refractivity contribution >= 4 is 15.9 Å². The number of halogens is 1. The van der Waals surface area contributed by atoms with Crippen LogP contribution in [-0.2, 0) is 12.0 Å². The zero-order valence-corrected chi connectivity index (χ0v) is 12.5. The summed E-state index contributed by atoms with van der Waals surface area (Å²) in [5.41, 5.74) is 0.839. The highest BCUT2D eigenvalue weighted by Crippen LogP contribution is 2.28. The number of aliphatic hydroxyl groups is 1. The van der Waals surface area contributed by atoms with Crippen LogP contribution in [0.5, 0.6) is 5.75 Å². The molecule has 0 radical (unpaired) electrons. The summed E-state index contributed by atoms with van der Waals surface area (Å²) in [4.78, 5) is 4.11. The molecular weight excluding hydrogens is 306 g/mol. The Morgan fingerprint density at radius 1 is 1.32 bits per heavy atom. The number of hydrogen-bond acceptors (Lipinski definition) is 3. The Morgan fingerprint density at radius 2 is 2.11 bits per heavy atom. The van der Waals surface area contributed by atoms with Gasteiger partial charge in [-0.1, -0.05) is 12.1 Å². The molecule has 4 heteroatoms. The number of pyridine rings is 1. The first kappa shape index (κ1) is 14.0. The van der Waals surface area contributed by atoms with E-state index in [1.165, 1.54) is 0 Å².